The Bertz CT molecular complexity index is 757. The summed E-state index contributed by atoms with van der Waals surface area (Å²) in [6.45, 7) is 1.67. The van der Waals surface area contributed by atoms with Crippen molar-refractivity contribution in [3.05, 3.63) is 40.2 Å². The molecule has 3 aromatic rings. The van der Waals surface area contributed by atoms with Crippen molar-refractivity contribution in [2.24, 2.45) is 0 Å². The summed E-state index contributed by atoms with van der Waals surface area (Å²) >= 11 is 0. The van der Waals surface area contributed by atoms with E-state index in [0.29, 0.717) is 22.0 Å². The van der Waals surface area contributed by atoms with E-state index >= 15 is 0 Å². The molecule has 0 aliphatic rings. The lowest BCUT2D eigenvalue weighted by atomic mass is 10.1. The zero-order chi connectivity index (χ0) is 11.3. The Balaban J connectivity index is 2.65. The lowest BCUT2D eigenvalue weighted by molar-refractivity contribution is 0.615. The number of aryl methyl sites for hydroxylation is 1. The summed E-state index contributed by atoms with van der Waals surface area (Å²) < 4.78 is 13.4. The maximum Gasteiger partial charge on any atom is 0.248 e. The van der Waals surface area contributed by atoms with Crippen LogP contribution in [0.25, 0.3) is 21.9 Å². The molecule has 0 aliphatic carbocycles. The van der Waals surface area contributed by atoms with Gasteiger partial charge in [-0.1, -0.05) is 0 Å². The summed E-state index contributed by atoms with van der Waals surface area (Å²) in [5, 5.41) is 1.37. The molecule has 3 heterocycles. The van der Waals surface area contributed by atoms with Gasteiger partial charge in [0.05, 0.1) is 11.7 Å². The molecule has 16 heavy (non-hydrogen) atoms. The van der Waals surface area contributed by atoms with Gasteiger partial charge in [0.15, 0.2) is 0 Å². The summed E-state index contributed by atoms with van der Waals surface area (Å²) in [6.07, 6.45) is 2.74. The van der Waals surface area contributed by atoms with Gasteiger partial charge in [0.2, 0.25) is 5.56 Å². The number of aromatic amines is 2. The van der Waals surface area contributed by atoms with Crippen molar-refractivity contribution in [2.45, 2.75) is 6.92 Å². The third-order valence-electron chi connectivity index (χ3n) is 2.72. The number of nitrogens with one attached hydrogen (secondary N) is 2. The SMILES string of the molecule is Cc1c(F)cnc2[nH]c3c[nH]c(=O)cc3c12. The van der Waals surface area contributed by atoms with Crippen molar-refractivity contribution in [3.8, 4) is 0 Å². The van der Waals surface area contributed by atoms with Crippen LogP contribution in [0.15, 0.2) is 23.3 Å². The topological polar surface area (TPSA) is 61.5 Å². The average Bonchev–Trinajstić information content (AvgIpc) is 2.62. The van der Waals surface area contributed by atoms with Gasteiger partial charge >= 0.3 is 0 Å². The minimum atomic E-state index is -0.367. The first-order chi connectivity index (χ1) is 7.66. The normalized spacial score (nSPS) is 11.4. The van der Waals surface area contributed by atoms with E-state index < -0.39 is 0 Å². The molecular weight excluding hydrogens is 209 g/mol. The Kier molecular flexibility index (Phi) is 1.65. The van der Waals surface area contributed by atoms with Crippen LogP contribution >= 0.6 is 0 Å². The van der Waals surface area contributed by atoms with E-state index in [1.807, 2.05) is 0 Å². The standard InChI is InChI=1S/C11H8FN3O/c1-5-7(12)3-14-11-10(5)6-2-9(16)13-4-8(6)15-11/h2-4H,1H3,(H,13,16)(H,14,15). The molecular formula is C11H8FN3O. The summed E-state index contributed by atoms with van der Waals surface area (Å²) in [5.41, 5.74) is 1.63. The molecule has 80 valence electrons. The molecule has 3 aromatic heterocycles. The van der Waals surface area contributed by atoms with Gasteiger partial charge < -0.3 is 9.97 Å². The zero-order valence-corrected chi connectivity index (χ0v) is 8.47. The minimum absolute atomic E-state index is 0.211. The van der Waals surface area contributed by atoms with Crippen LogP contribution in [0.3, 0.4) is 0 Å². The second-order valence-corrected chi connectivity index (χ2v) is 3.70. The Hall–Kier alpha value is -2.17. The van der Waals surface area contributed by atoms with Crippen LogP contribution in [0.5, 0.6) is 0 Å². The van der Waals surface area contributed by atoms with Gasteiger partial charge in [-0.05, 0) is 12.5 Å². The number of hydrogen-bond donors (Lipinski definition) is 2. The van der Waals surface area contributed by atoms with E-state index in [4.69, 9.17) is 0 Å². The van der Waals surface area contributed by atoms with Crippen LogP contribution < -0.4 is 5.56 Å². The van der Waals surface area contributed by atoms with Crippen molar-refractivity contribution in [1.29, 1.82) is 0 Å². The van der Waals surface area contributed by atoms with E-state index in [0.717, 1.165) is 5.52 Å². The van der Waals surface area contributed by atoms with E-state index in [2.05, 4.69) is 15.0 Å². The molecule has 4 nitrogen and oxygen atoms in total. The van der Waals surface area contributed by atoms with Gasteiger partial charge in [-0.15, -0.1) is 0 Å². The monoisotopic (exact) mass is 217 g/mol. The number of aromatic nitrogens is 3. The van der Waals surface area contributed by atoms with Crippen LogP contribution in [-0.4, -0.2) is 15.0 Å². The lowest BCUT2D eigenvalue weighted by Crippen LogP contribution is -2.00. The quantitative estimate of drug-likeness (QED) is 0.603. The van der Waals surface area contributed by atoms with E-state index in [1.165, 1.54) is 12.3 Å². The first-order valence-corrected chi connectivity index (χ1v) is 4.82. The molecule has 2 N–H and O–H groups in total. The molecule has 0 unspecified atom stereocenters. The highest BCUT2D eigenvalue weighted by Gasteiger charge is 2.11. The van der Waals surface area contributed by atoms with Crippen molar-refractivity contribution < 1.29 is 4.39 Å². The predicted octanol–water partition coefficient (Wildman–Crippen LogP) is 1.85. The predicted molar refractivity (Wildman–Crippen MR) is 58.9 cm³/mol. The van der Waals surface area contributed by atoms with Crippen molar-refractivity contribution in [2.75, 3.05) is 0 Å². The Labute approximate surface area is 89.1 Å². The van der Waals surface area contributed by atoms with Gasteiger partial charge in [-0.2, -0.15) is 0 Å². The van der Waals surface area contributed by atoms with Gasteiger partial charge in [0.25, 0.3) is 0 Å². The maximum atomic E-state index is 13.4. The molecule has 0 bridgehead atoms. The molecule has 0 fully saturated rings. The van der Waals surface area contributed by atoms with Crippen LogP contribution in [0, 0.1) is 12.7 Å². The van der Waals surface area contributed by atoms with Gasteiger partial charge in [0.1, 0.15) is 11.5 Å². The first-order valence-electron chi connectivity index (χ1n) is 4.82. The molecule has 5 heteroatoms. The third kappa shape index (κ3) is 1.08. The fraction of sp³-hybridized carbons (Fsp3) is 0.0909. The van der Waals surface area contributed by atoms with Crippen molar-refractivity contribution >= 4 is 21.9 Å². The molecule has 0 saturated heterocycles. The van der Waals surface area contributed by atoms with Crippen molar-refractivity contribution in [3.63, 3.8) is 0 Å². The number of H-pyrrole nitrogens is 2. The number of hydrogen-bond acceptors (Lipinski definition) is 2. The number of rotatable bonds is 0. The molecule has 3 rings (SSSR count). The van der Waals surface area contributed by atoms with Gasteiger partial charge in [-0.25, -0.2) is 9.37 Å². The number of pyridine rings is 2. The van der Waals surface area contributed by atoms with Crippen LogP contribution in [0.1, 0.15) is 5.56 Å². The Morgan fingerprint density at radius 3 is 3.06 bits per heavy atom. The summed E-state index contributed by atoms with van der Waals surface area (Å²) in [4.78, 5) is 20.8. The summed E-state index contributed by atoms with van der Waals surface area (Å²) in [6, 6.07) is 1.45. The third-order valence-corrected chi connectivity index (χ3v) is 2.72. The molecule has 0 spiro atoms. The van der Waals surface area contributed by atoms with E-state index in [-0.39, 0.29) is 11.4 Å². The van der Waals surface area contributed by atoms with E-state index in [1.54, 1.807) is 13.1 Å². The first kappa shape index (κ1) is 9.08. The Morgan fingerprint density at radius 1 is 1.44 bits per heavy atom. The summed E-state index contributed by atoms with van der Waals surface area (Å²) in [7, 11) is 0. The highest BCUT2D eigenvalue weighted by Crippen LogP contribution is 2.26. The molecule has 0 aliphatic heterocycles. The van der Waals surface area contributed by atoms with Crippen LogP contribution in [-0.2, 0) is 0 Å². The molecule has 0 amide bonds. The van der Waals surface area contributed by atoms with E-state index in [9.17, 15) is 9.18 Å². The highest BCUT2D eigenvalue weighted by molar-refractivity contribution is 6.07. The lowest BCUT2D eigenvalue weighted by Gasteiger charge is -1.97. The van der Waals surface area contributed by atoms with Crippen LogP contribution in [0.2, 0.25) is 0 Å². The van der Waals surface area contributed by atoms with Crippen molar-refractivity contribution in [1.82, 2.24) is 15.0 Å². The average molecular weight is 217 g/mol. The number of nitrogens with zero attached hydrogens (tertiary/aromatic N) is 1. The fourth-order valence-corrected chi connectivity index (χ4v) is 1.91. The molecule has 0 aromatic carbocycles. The molecule has 0 atom stereocenters. The van der Waals surface area contributed by atoms with Gasteiger partial charge in [-0.3, -0.25) is 4.79 Å². The molecule has 0 radical (unpaired) electrons. The maximum absolute atomic E-state index is 13.4. The zero-order valence-electron chi connectivity index (χ0n) is 8.47. The van der Waals surface area contributed by atoms with Gasteiger partial charge in [0, 0.05) is 23.0 Å². The molecule has 0 saturated carbocycles. The second kappa shape index (κ2) is 2.91. The number of fused-ring (bicyclic) bond motifs is 3. The number of halogens is 1. The fourth-order valence-electron chi connectivity index (χ4n) is 1.91. The van der Waals surface area contributed by atoms with Crippen LogP contribution in [0.4, 0.5) is 4.39 Å². The highest BCUT2D eigenvalue weighted by atomic mass is 19.1. The Morgan fingerprint density at radius 2 is 2.25 bits per heavy atom. The smallest absolute Gasteiger partial charge is 0.248 e. The summed E-state index contributed by atoms with van der Waals surface area (Å²) in [5.74, 6) is -0.367. The largest absolute Gasteiger partial charge is 0.338 e. The minimum Gasteiger partial charge on any atom is -0.338 e. The second-order valence-electron chi connectivity index (χ2n) is 3.70.